The molecule has 3 heteroatoms. The molecular formula is C13H19BrClN. The summed E-state index contributed by atoms with van der Waals surface area (Å²) in [4.78, 5) is 0. The molecule has 0 spiro atoms. The summed E-state index contributed by atoms with van der Waals surface area (Å²) in [5, 5.41) is 4.25. The summed E-state index contributed by atoms with van der Waals surface area (Å²) in [6.07, 6.45) is 5.09. The first-order chi connectivity index (χ1) is 7.63. The van der Waals surface area contributed by atoms with Gasteiger partial charge in [-0.2, -0.15) is 0 Å². The molecule has 0 aromatic heterocycles. The fraction of sp³-hybridized carbons (Fsp3) is 0.538. The zero-order chi connectivity index (χ0) is 12.0. The number of nitrogens with one attached hydrogen (secondary N) is 1. The summed E-state index contributed by atoms with van der Waals surface area (Å²) in [7, 11) is 0. The van der Waals surface area contributed by atoms with Crippen LogP contribution in [0.4, 0.5) is 5.69 Å². The van der Waals surface area contributed by atoms with E-state index in [4.69, 9.17) is 11.6 Å². The summed E-state index contributed by atoms with van der Waals surface area (Å²) in [6.45, 7) is 4.45. The number of rotatable bonds is 6. The summed E-state index contributed by atoms with van der Waals surface area (Å²) in [5.74, 6) is 0. The smallest absolute Gasteiger partial charge is 0.0487 e. The van der Waals surface area contributed by atoms with Crippen LogP contribution in [-0.2, 0) is 0 Å². The van der Waals surface area contributed by atoms with Gasteiger partial charge in [0.15, 0.2) is 0 Å². The van der Waals surface area contributed by atoms with Crippen molar-refractivity contribution in [3.05, 3.63) is 27.7 Å². The Kier molecular flexibility index (Phi) is 6.22. The average molecular weight is 305 g/mol. The van der Waals surface area contributed by atoms with Gasteiger partial charge in [-0.05, 0) is 47.5 Å². The molecule has 0 aliphatic rings. The van der Waals surface area contributed by atoms with E-state index in [1.165, 1.54) is 25.7 Å². The van der Waals surface area contributed by atoms with E-state index in [-0.39, 0.29) is 0 Å². The van der Waals surface area contributed by atoms with E-state index in [0.29, 0.717) is 6.04 Å². The third kappa shape index (κ3) is 4.75. The highest BCUT2D eigenvalue weighted by Gasteiger charge is 2.05. The minimum absolute atomic E-state index is 0.504. The summed E-state index contributed by atoms with van der Waals surface area (Å²) >= 11 is 9.41. The second-order valence-corrected chi connectivity index (χ2v) is 5.46. The van der Waals surface area contributed by atoms with Crippen molar-refractivity contribution in [2.24, 2.45) is 0 Å². The van der Waals surface area contributed by atoms with Crippen LogP contribution in [0.2, 0.25) is 5.02 Å². The van der Waals surface area contributed by atoms with Crippen molar-refractivity contribution < 1.29 is 0 Å². The molecule has 1 nitrogen and oxygen atoms in total. The molecule has 1 atom stereocenters. The van der Waals surface area contributed by atoms with Crippen LogP contribution < -0.4 is 5.32 Å². The first-order valence-corrected chi connectivity index (χ1v) is 7.02. The Bertz CT molecular complexity index is 328. The minimum atomic E-state index is 0.504. The molecule has 0 saturated heterocycles. The number of anilines is 1. The molecule has 0 heterocycles. The topological polar surface area (TPSA) is 12.0 Å². The highest BCUT2D eigenvalue weighted by atomic mass is 79.9. The number of halogens is 2. The Balaban J connectivity index is 2.46. The number of benzene rings is 1. The lowest BCUT2D eigenvalue weighted by molar-refractivity contribution is 0.615. The van der Waals surface area contributed by atoms with E-state index in [9.17, 15) is 0 Å². The Morgan fingerprint density at radius 2 is 2.12 bits per heavy atom. The predicted molar refractivity (Wildman–Crippen MR) is 76.4 cm³/mol. The van der Waals surface area contributed by atoms with Crippen LogP contribution in [0.25, 0.3) is 0 Å². The molecule has 0 aliphatic heterocycles. The molecule has 1 rings (SSSR count). The number of hydrogen-bond donors (Lipinski definition) is 1. The van der Waals surface area contributed by atoms with Crippen molar-refractivity contribution >= 4 is 33.2 Å². The Morgan fingerprint density at radius 3 is 2.75 bits per heavy atom. The van der Waals surface area contributed by atoms with E-state index in [2.05, 4.69) is 35.1 Å². The Labute approximate surface area is 112 Å². The van der Waals surface area contributed by atoms with Crippen LogP contribution in [0.3, 0.4) is 0 Å². The number of unbranched alkanes of at least 4 members (excludes halogenated alkanes) is 2. The van der Waals surface area contributed by atoms with Crippen LogP contribution >= 0.6 is 27.5 Å². The maximum atomic E-state index is 5.90. The molecule has 1 N–H and O–H groups in total. The van der Waals surface area contributed by atoms with Gasteiger partial charge in [-0.3, -0.25) is 0 Å². The van der Waals surface area contributed by atoms with Gasteiger partial charge < -0.3 is 5.32 Å². The van der Waals surface area contributed by atoms with Crippen LogP contribution in [-0.4, -0.2) is 6.04 Å². The molecule has 0 saturated carbocycles. The molecule has 1 aromatic rings. The largest absolute Gasteiger partial charge is 0.382 e. The minimum Gasteiger partial charge on any atom is -0.382 e. The Hall–Kier alpha value is -0.210. The lowest BCUT2D eigenvalue weighted by atomic mass is 10.1. The summed E-state index contributed by atoms with van der Waals surface area (Å²) in [6, 6.07) is 6.35. The van der Waals surface area contributed by atoms with Crippen LogP contribution in [0, 0.1) is 0 Å². The van der Waals surface area contributed by atoms with Crippen molar-refractivity contribution in [1.29, 1.82) is 0 Å². The molecule has 0 aliphatic carbocycles. The fourth-order valence-corrected chi connectivity index (χ4v) is 2.44. The van der Waals surface area contributed by atoms with Gasteiger partial charge in [0.1, 0.15) is 0 Å². The molecule has 0 bridgehead atoms. The van der Waals surface area contributed by atoms with Crippen molar-refractivity contribution in [1.82, 2.24) is 0 Å². The first kappa shape index (κ1) is 13.9. The highest BCUT2D eigenvalue weighted by Crippen LogP contribution is 2.26. The molecule has 1 aromatic carbocycles. The third-order valence-corrected chi connectivity index (χ3v) is 3.46. The fourth-order valence-electron chi connectivity index (χ4n) is 1.64. The monoisotopic (exact) mass is 303 g/mol. The summed E-state index contributed by atoms with van der Waals surface area (Å²) in [5.41, 5.74) is 1.12. The van der Waals surface area contributed by atoms with Gasteiger partial charge in [-0.1, -0.05) is 37.8 Å². The van der Waals surface area contributed by atoms with Crippen LogP contribution in [0.1, 0.15) is 39.5 Å². The van der Waals surface area contributed by atoms with Gasteiger partial charge in [-0.15, -0.1) is 0 Å². The van der Waals surface area contributed by atoms with Gasteiger partial charge >= 0.3 is 0 Å². The van der Waals surface area contributed by atoms with Crippen molar-refractivity contribution in [3.63, 3.8) is 0 Å². The standard InChI is InChI=1S/C13H19BrClN/c1-3-4-5-6-10(2)16-13-8-7-11(15)9-12(13)14/h7-10,16H,3-6H2,1-2H3. The maximum Gasteiger partial charge on any atom is 0.0487 e. The average Bonchev–Trinajstić information content (AvgIpc) is 2.23. The lowest BCUT2D eigenvalue weighted by Gasteiger charge is -2.16. The molecule has 0 fully saturated rings. The normalized spacial score (nSPS) is 12.5. The molecule has 0 radical (unpaired) electrons. The van der Waals surface area contributed by atoms with Gasteiger partial charge in [0.05, 0.1) is 0 Å². The van der Waals surface area contributed by atoms with E-state index < -0.39 is 0 Å². The number of hydrogen-bond acceptors (Lipinski definition) is 1. The van der Waals surface area contributed by atoms with Gasteiger partial charge in [0.25, 0.3) is 0 Å². The second-order valence-electron chi connectivity index (χ2n) is 4.17. The van der Waals surface area contributed by atoms with Gasteiger partial charge in [0.2, 0.25) is 0 Å². The molecule has 1 unspecified atom stereocenters. The van der Waals surface area contributed by atoms with Crippen LogP contribution in [0.15, 0.2) is 22.7 Å². The first-order valence-electron chi connectivity index (χ1n) is 5.85. The molecule has 16 heavy (non-hydrogen) atoms. The van der Waals surface area contributed by atoms with Crippen molar-refractivity contribution in [3.8, 4) is 0 Å². The van der Waals surface area contributed by atoms with E-state index in [1.807, 2.05) is 18.2 Å². The van der Waals surface area contributed by atoms with Gasteiger partial charge in [0, 0.05) is 21.2 Å². The van der Waals surface area contributed by atoms with E-state index in [0.717, 1.165) is 15.2 Å². The van der Waals surface area contributed by atoms with Crippen molar-refractivity contribution in [2.75, 3.05) is 5.32 Å². The zero-order valence-electron chi connectivity index (χ0n) is 9.89. The predicted octanol–water partition coefficient (Wildman–Crippen LogP) is 5.48. The summed E-state index contributed by atoms with van der Waals surface area (Å²) < 4.78 is 1.03. The zero-order valence-corrected chi connectivity index (χ0v) is 12.2. The van der Waals surface area contributed by atoms with E-state index in [1.54, 1.807) is 0 Å². The second kappa shape index (κ2) is 7.18. The van der Waals surface area contributed by atoms with Crippen molar-refractivity contribution in [2.45, 2.75) is 45.6 Å². The maximum absolute atomic E-state index is 5.90. The van der Waals surface area contributed by atoms with Gasteiger partial charge in [-0.25, -0.2) is 0 Å². The SMILES string of the molecule is CCCCCC(C)Nc1ccc(Cl)cc1Br. The lowest BCUT2D eigenvalue weighted by Crippen LogP contribution is -2.15. The van der Waals surface area contributed by atoms with E-state index >= 15 is 0 Å². The molecular weight excluding hydrogens is 286 g/mol. The molecule has 0 amide bonds. The van der Waals surface area contributed by atoms with Crippen LogP contribution in [0.5, 0.6) is 0 Å². The highest BCUT2D eigenvalue weighted by molar-refractivity contribution is 9.10. The molecule has 90 valence electrons. The Morgan fingerprint density at radius 1 is 1.38 bits per heavy atom. The third-order valence-electron chi connectivity index (χ3n) is 2.57. The quantitative estimate of drug-likeness (QED) is 0.686.